The summed E-state index contributed by atoms with van der Waals surface area (Å²) in [5, 5.41) is 12.6. The number of alkyl carbamates (subject to hydrolysis) is 1. The number of amides is 1. The number of hydrogen-bond acceptors (Lipinski definition) is 7. The van der Waals surface area contributed by atoms with E-state index in [9.17, 15) is 27.5 Å². The fourth-order valence-corrected chi connectivity index (χ4v) is 3.65. The number of carbonyl (C=O) groups is 1. The number of aliphatic hydroxyl groups excluding tert-OH is 1. The number of aromatic nitrogens is 1. The van der Waals surface area contributed by atoms with E-state index in [1.54, 1.807) is 74.5 Å². The molecule has 2 aromatic carbocycles. The van der Waals surface area contributed by atoms with Crippen LogP contribution in [-0.2, 0) is 11.3 Å². The third-order valence-corrected chi connectivity index (χ3v) is 5.19. The molecule has 3 aromatic rings. The molecule has 0 aliphatic carbocycles. The molecule has 1 amide bonds. The first-order valence-electron chi connectivity index (χ1n) is 11.9. The van der Waals surface area contributed by atoms with Gasteiger partial charge in [0.15, 0.2) is 11.5 Å². The van der Waals surface area contributed by atoms with Crippen molar-refractivity contribution in [2.24, 2.45) is 0 Å². The minimum Gasteiger partial charge on any atom is -0.444 e. The molecule has 0 bridgehead atoms. The summed E-state index contributed by atoms with van der Waals surface area (Å²) in [7, 11) is 0. The molecule has 0 spiro atoms. The Morgan fingerprint density at radius 2 is 1.67 bits per heavy atom. The summed E-state index contributed by atoms with van der Waals surface area (Å²) in [4.78, 5) is 18.1. The fraction of sp³-hybridized carbons (Fsp3) is 0.333. The summed E-state index contributed by atoms with van der Waals surface area (Å²) in [6, 6.07) is 13.2. The lowest BCUT2D eigenvalue weighted by Crippen LogP contribution is -2.36. The number of alkyl halides is 4. The van der Waals surface area contributed by atoms with Crippen molar-refractivity contribution in [3.63, 3.8) is 0 Å². The van der Waals surface area contributed by atoms with Crippen molar-refractivity contribution in [2.75, 3.05) is 11.5 Å². The van der Waals surface area contributed by atoms with Gasteiger partial charge in [-0.15, -0.1) is 0 Å². The summed E-state index contributed by atoms with van der Waals surface area (Å²) in [6.07, 6.45) is 2.48. The standard InChI is InChI=1S/C27H29F4N3O5/c1-27(2,3)39-26(36)33-21(16-35)18-7-4-8-19(12-18)34(15-17-6-5-11-32-14-17)20-9-10-22(37-24(28)29)23(13-20)38-25(30)31/h4-14,21,24-25,35H,15-16H2,1-3H3,(H,33,36). The quantitative estimate of drug-likeness (QED) is 0.275. The highest BCUT2D eigenvalue weighted by atomic mass is 19.3. The highest BCUT2D eigenvalue weighted by Crippen LogP contribution is 2.38. The van der Waals surface area contributed by atoms with Gasteiger partial charge in [0.25, 0.3) is 0 Å². The SMILES string of the molecule is CC(C)(C)OC(=O)NC(CO)c1cccc(N(Cc2cccnc2)c2ccc(OC(F)F)c(OC(F)F)c2)c1. The van der Waals surface area contributed by atoms with Crippen molar-refractivity contribution in [1.29, 1.82) is 0 Å². The highest BCUT2D eigenvalue weighted by molar-refractivity contribution is 5.70. The van der Waals surface area contributed by atoms with Crippen molar-refractivity contribution in [3.8, 4) is 11.5 Å². The Kier molecular flexibility index (Phi) is 9.94. The van der Waals surface area contributed by atoms with Gasteiger partial charge >= 0.3 is 19.3 Å². The lowest BCUT2D eigenvalue weighted by molar-refractivity contribution is -0.0692. The first-order valence-corrected chi connectivity index (χ1v) is 11.9. The zero-order valence-electron chi connectivity index (χ0n) is 21.5. The first kappa shape index (κ1) is 29.5. The number of anilines is 2. The molecule has 2 N–H and O–H groups in total. The van der Waals surface area contributed by atoms with Crippen molar-refractivity contribution in [3.05, 3.63) is 78.1 Å². The van der Waals surface area contributed by atoms with E-state index >= 15 is 0 Å². The van der Waals surface area contributed by atoms with Gasteiger partial charge in [0.2, 0.25) is 0 Å². The number of aliphatic hydroxyl groups is 1. The van der Waals surface area contributed by atoms with Crippen LogP contribution in [0.4, 0.5) is 33.7 Å². The predicted molar refractivity (Wildman–Crippen MR) is 135 cm³/mol. The van der Waals surface area contributed by atoms with Gasteiger partial charge in [0.05, 0.1) is 12.6 Å². The fourth-order valence-electron chi connectivity index (χ4n) is 3.65. The second-order valence-corrected chi connectivity index (χ2v) is 9.31. The van der Waals surface area contributed by atoms with Gasteiger partial charge in [0, 0.05) is 36.4 Å². The van der Waals surface area contributed by atoms with Crippen LogP contribution in [0.15, 0.2) is 67.0 Å². The van der Waals surface area contributed by atoms with Crippen LogP contribution in [0.25, 0.3) is 0 Å². The van der Waals surface area contributed by atoms with Crippen LogP contribution in [0.2, 0.25) is 0 Å². The highest BCUT2D eigenvalue weighted by Gasteiger charge is 2.22. The Hall–Kier alpha value is -4.06. The third-order valence-electron chi connectivity index (χ3n) is 5.19. The topological polar surface area (TPSA) is 93.2 Å². The van der Waals surface area contributed by atoms with E-state index in [0.717, 1.165) is 17.7 Å². The summed E-state index contributed by atoms with van der Waals surface area (Å²) < 4.78 is 65.9. The van der Waals surface area contributed by atoms with Crippen molar-refractivity contribution >= 4 is 17.5 Å². The average Bonchev–Trinajstić information content (AvgIpc) is 2.86. The predicted octanol–water partition coefficient (Wildman–Crippen LogP) is 6.18. The summed E-state index contributed by atoms with van der Waals surface area (Å²) in [5.74, 6) is -1.12. The number of carbonyl (C=O) groups excluding carboxylic acids is 1. The summed E-state index contributed by atoms with van der Waals surface area (Å²) in [6.45, 7) is -1.63. The van der Waals surface area contributed by atoms with Gasteiger partial charge in [-0.2, -0.15) is 17.6 Å². The normalized spacial score (nSPS) is 12.3. The molecule has 0 aliphatic rings. The molecular weight excluding hydrogens is 522 g/mol. The molecule has 3 rings (SSSR count). The van der Waals surface area contributed by atoms with E-state index in [4.69, 9.17) is 4.74 Å². The van der Waals surface area contributed by atoms with Crippen molar-refractivity contribution in [1.82, 2.24) is 10.3 Å². The smallest absolute Gasteiger partial charge is 0.408 e. The first-order chi connectivity index (χ1) is 18.4. The Bertz CT molecular complexity index is 1230. The number of benzene rings is 2. The lowest BCUT2D eigenvalue weighted by Gasteiger charge is -2.28. The minimum atomic E-state index is -3.28. The number of halogens is 4. The third kappa shape index (κ3) is 9.02. The van der Waals surface area contributed by atoms with E-state index in [-0.39, 0.29) is 6.54 Å². The maximum atomic E-state index is 13.1. The molecule has 0 fully saturated rings. The number of nitrogens with zero attached hydrogens (tertiary/aromatic N) is 2. The number of hydrogen-bond donors (Lipinski definition) is 2. The van der Waals surface area contributed by atoms with Crippen LogP contribution in [-0.4, -0.2) is 41.6 Å². The summed E-state index contributed by atoms with van der Waals surface area (Å²) in [5.41, 5.74) is 1.38. The van der Waals surface area contributed by atoms with E-state index in [0.29, 0.717) is 16.9 Å². The molecule has 0 radical (unpaired) electrons. The van der Waals surface area contributed by atoms with Crippen LogP contribution in [0, 0.1) is 0 Å². The van der Waals surface area contributed by atoms with E-state index in [1.807, 2.05) is 0 Å². The molecule has 1 heterocycles. The molecule has 12 heteroatoms. The van der Waals surface area contributed by atoms with Crippen molar-refractivity contribution < 1.29 is 41.7 Å². The van der Waals surface area contributed by atoms with Crippen molar-refractivity contribution in [2.45, 2.75) is 52.2 Å². The molecule has 8 nitrogen and oxygen atoms in total. The summed E-state index contributed by atoms with van der Waals surface area (Å²) >= 11 is 0. The zero-order valence-corrected chi connectivity index (χ0v) is 21.5. The number of nitrogens with one attached hydrogen (secondary N) is 1. The Labute approximate surface area is 223 Å². The van der Waals surface area contributed by atoms with Gasteiger partial charge < -0.3 is 29.5 Å². The monoisotopic (exact) mass is 551 g/mol. The maximum absolute atomic E-state index is 13.1. The molecule has 39 heavy (non-hydrogen) atoms. The number of pyridine rings is 1. The van der Waals surface area contributed by atoms with E-state index < -0.39 is 49.1 Å². The molecule has 1 aromatic heterocycles. The second-order valence-electron chi connectivity index (χ2n) is 9.31. The van der Waals surface area contributed by atoms with Crippen LogP contribution in [0.5, 0.6) is 11.5 Å². The Balaban J connectivity index is 2.02. The molecule has 210 valence electrons. The van der Waals surface area contributed by atoms with Gasteiger partial charge in [0.1, 0.15) is 5.60 Å². The molecular formula is C27H29F4N3O5. The van der Waals surface area contributed by atoms with E-state index in [2.05, 4.69) is 19.8 Å². The number of ether oxygens (including phenoxy) is 3. The Morgan fingerprint density at radius 3 is 2.28 bits per heavy atom. The van der Waals surface area contributed by atoms with Crippen LogP contribution >= 0.6 is 0 Å². The molecule has 1 atom stereocenters. The molecule has 0 aliphatic heterocycles. The van der Waals surface area contributed by atoms with Gasteiger partial charge in [-0.3, -0.25) is 4.98 Å². The van der Waals surface area contributed by atoms with Gasteiger partial charge in [-0.25, -0.2) is 4.79 Å². The zero-order chi connectivity index (χ0) is 28.6. The van der Waals surface area contributed by atoms with Crippen LogP contribution < -0.4 is 19.7 Å². The van der Waals surface area contributed by atoms with Gasteiger partial charge in [-0.05, 0) is 62.2 Å². The Morgan fingerprint density at radius 1 is 0.974 bits per heavy atom. The van der Waals surface area contributed by atoms with E-state index in [1.165, 1.54) is 6.07 Å². The van der Waals surface area contributed by atoms with Crippen LogP contribution in [0.1, 0.15) is 37.9 Å². The second kappa shape index (κ2) is 13.1. The largest absolute Gasteiger partial charge is 0.444 e. The molecule has 0 saturated carbocycles. The van der Waals surface area contributed by atoms with Crippen LogP contribution in [0.3, 0.4) is 0 Å². The number of rotatable bonds is 11. The van der Waals surface area contributed by atoms with Gasteiger partial charge in [-0.1, -0.05) is 18.2 Å². The molecule has 1 unspecified atom stereocenters. The lowest BCUT2D eigenvalue weighted by atomic mass is 10.1. The minimum absolute atomic E-state index is 0.198. The molecule has 0 saturated heterocycles. The average molecular weight is 552 g/mol. The maximum Gasteiger partial charge on any atom is 0.408 e.